The average Bonchev–Trinajstić information content (AvgIpc) is 3.77. The third-order valence-corrected chi connectivity index (χ3v) is 10.4. The van der Waals surface area contributed by atoms with Gasteiger partial charge < -0.3 is 19.6 Å². The second-order valence-corrected chi connectivity index (χ2v) is 13.9. The Hall–Kier alpha value is -4.76. The predicted octanol–water partition coefficient (Wildman–Crippen LogP) is 7.77. The number of nitrogens with one attached hydrogen (secondary N) is 2. The van der Waals surface area contributed by atoms with Crippen molar-refractivity contribution in [2.75, 3.05) is 29.9 Å². The third-order valence-electron chi connectivity index (χ3n) is 10.4. The Morgan fingerprint density at radius 2 is 1.94 bits per heavy atom. The van der Waals surface area contributed by atoms with E-state index in [4.69, 9.17) is 14.2 Å². The summed E-state index contributed by atoms with van der Waals surface area (Å²) in [6, 6.07) is 20.5. The molecule has 3 heterocycles. The quantitative estimate of drug-likeness (QED) is 0.155. The van der Waals surface area contributed by atoms with E-state index in [0.717, 1.165) is 77.3 Å². The molecule has 2 aliphatic heterocycles. The smallest absolute Gasteiger partial charge is 0.256 e. The standard InChI is InChI=1S/C39H43FN6O4/c1-24(11-16-42-34-21-32-29(19-33(34)40)22-46(38(32)47)36-13-18-48-44-50-36)12-17-45(31-9-7-30(8-10-31)39(23-41)14-15-39)35-20-28(6-5-25(35)2)37-26(3)43-49-27(37)4/h5-10,19-21,24,36,42,44H,11-18,22H2,1-4H3. The molecule has 1 saturated heterocycles. The molecular weight excluding hydrogens is 635 g/mol. The van der Waals surface area contributed by atoms with Crippen molar-refractivity contribution < 1.29 is 23.4 Å². The van der Waals surface area contributed by atoms with Crippen LogP contribution >= 0.6 is 0 Å². The number of carbonyl (C=O) groups excluding carboxylic acids is 1. The van der Waals surface area contributed by atoms with Crippen molar-refractivity contribution in [1.29, 1.82) is 5.26 Å². The van der Waals surface area contributed by atoms with Gasteiger partial charge in [-0.05, 0) is 105 Å². The van der Waals surface area contributed by atoms with Gasteiger partial charge in [-0.25, -0.2) is 4.39 Å². The van der Waals surface area contributed by atoms with Crippen LogP contribution in [0.1, 0.15) is 77.5 Å². The molecule has 1 aliphatic carbocycles. The summed E-state index contributed by atoms with van der Waals surface area (Å²) in [6.45, 7) is 10.3. The molecule has 7 rings (SSSR count). The van der Waals surface area contributed by atoms with Gasteiger partial charge in [-0.1, -0.05) is 42.0 Å². The summed E-state index contributed by atoms with van der Waals surface area (Å²) in [5.41, 5.74) is 10.8. The number of rotatable bonds is 12. The van der Waals surface area contributed by atoms with Gasteiger partial charge in [0.05, 0.1) is 29.5 Å². The first-order valence-corrected chi connectivity index (χ1v) is 17.4. The molecule has 2 fully saturated rings. The summed E-state index contributed by atoms with van der Waals surface area (Å²) in [6.07, 6.45) is 3.59. The number of halogens is 1. The van der Waals surface area contributed by atoms with Crippen LogP contribution in [0, 0.1) is 43.8 Å². The first kappa shape index (κ1) is 33.7. The lowest BCUT2D eigenvalue weighted by molar-refractivity contribution is -0.266. The molecule has 0 spiro atoms. The largest absolute Gasteiger partial charge is 0.383 e. The van der Waals surface area contributed by atoms with E-state index >= 15 is 4.39 Å². The van der Waals surface area contributed by atoms with Crippen LogP contribution in [-0.2, 0) is 21.6 Å². The Labute approximate surface area is 292 Å². The summed E-state index contributed by atoms with van der Waals surface area (Å²) in [7, 11) is 0. The normalized spacial score (nSPS) is 18.4. The summed E-state index contributed by atoms with van der Waals surface area (Å²) < 4.78 is 20.6. The number of aryl methyl sites for hydroxylation is 3. The zero-order valence-corrected chi connectivity index (χ0v) is 29.0. The molecule has 1 aromatic heterocycles. The van der Waals surface area contributed by atoms with Gasteiger partial charge in [0.1, 0.15) is 11.6 Å². The maximum Gasteiger partial charge on any atom is 0.256 e. The molecule has 4 aromatic rings. The second kappa shape index (κ2) is 13.9. The Bertz CT molecular complexity index is 1910. The number of nitrogens with zero attached hydrogens (tertiary/aromatic N) is 4. The van der Waals surface area contributed by atoms with Crippen molar-refractivity contribution in [2.45, 2.75) is 78.0 Å². The number of anilines is 3. The van der Waals surface area contributed by atoms with Gasteiger partial charge >= 0.3 is 0 Å². The van der Waals surface area contributed by atoms with Gasteiger partial charge in [0.15, 0.2) is 6.23 Å². The maximum absolute atomic E-state index is 15.2. The predicted molar refractivity (Wildman–Crippen MR) is 188 cm³/mol. The monoisotopic (exact) mass is 678 g/mol. The highest BCUT2D eigenvalue weighted by Crippen LogP contribution is 2.48. The molecule has 3 aromatic carbocycles. The molecule has 10 nitrogen and oxygen atoms in total. The molecular formula is C39H43FN6O4. The van der Waals surface area contributed by atoms with E-state index in [9.17, 15) is 10.1 Å². The first-order valence-electron chi connectivity index (χ1n) is 17.4. The van der Waals surface area contributed by atoms with Crippen molar-refractivity contribution in [3.05, 3.63) is 94.1 Å². The third kappa shape index (κ3) is 6.59. The van der Waals surface area contributed by atoms with Crippen LogP contribution in [-0.4, -0.2) is 41.9 Å². The van der Waals surface area contributed by atoms with Gasteiger partial charge in [0.2, 0.25) is 0 Å². The maximum atomic E-state index is 15.2. The zero-order valence-electron chi connectivity index (χ0n) is 29.0. The van der Waals surface area contributed by atoms with Crippen LogP contribution in [0.4, 0.5) is 21.5 Å². The number of aromatic nitrogens is 1. The molecule has 2 N–H and O–H groups in total. The highest BCUT2D eigenvalue weighted by molar-refractivity contribution is 5.99. The lowest BCUT2D eigenvalue weighted by atomic mass is 9.96. The van der Waals surface area contributed by atoms with Crippen LogP contribution in [0.2, 0.25) is 0 Å². The number of hydrogen-bond donors (Lipinski definition) is 2. The fourth-order valence-electron chi connectivity index (χ4n) is 7.13. The number of fused-ring (bicyclic) bond motifs is 1. The highest BCUT2D eigenvalue weighted by atomic mass is 19.1. The fraction of sp³-hybridized carbons (Fsp3) is 0.410. The first-order chi connectivity index (χ1) is 24.2. The van der Waals surface area contributed by atoms with Gasteiger partial charge in [-0.3, -0.25) is 14.5 Å². The molecule has 1 amide bonds. The Kier molecular flexibility index (Phi) is 9.35. The highest BCUT2D eigenvalue weighted by Gasteiger charge is 2.44. The van der Waals surface area contributed by atoms with E-state index in [1.165, 1.54) is 6.07 Å². The van der Waals surface area contributed by atoms with Crippen molar-refractivity contribution in [2.24, 2.45) is 5.92 Å². The molecule has 2 atom stereocenters. The summed E-state index contributed by atoms with van der Waals surface area (Å²) in [5, 5.41) is 17.2. The Morgan fingerprint density at radius 3 is 2.62 bits per heavy atom. The number of hydrogen-bond acceptors (Lipinski definition) is 9. The van der Waals surface area contributed by atoms with Crippen LogP contribution in [0.3, 0.4) is 0 Å². The minimum absolute atomic E-state index is 0.174. The molecule has 2 unspecified atom stereocenters. The van der Waals surface area contributed by atoms with Crippen LogP contribution in [0.25, 0.3) is 11.1 Å². The van der Waals surface area contributed by atoms with Crippen LogP contribution in [0.5, 0.6) is 0 Å². The molecule has 3 aliphatic rings. The summed E-state index contributed by atoms with van der Waals surface area (Å²) >= 11 is 0. The molecule has 50 heavy (non-hydrogen) atoms. The minimum Gasteiger partial charge on any atom is -0.383 e. The van der Waals surface area contributed by atoms with Crippen molar-refractivity contribution in [3.8, 4) is 17.2 Å². The minimum atomic E-state index is -0.462. The van der Waals surface area contributed by atoms with E-state index in [1.54, 1.807) is 11.0 Å². The topological polar surface area (TPSA) is 116 Å². The van der Waals surface area contributed by atoms with E-state index in [-0.39, 0.29) is 17.1 Å². The Morgan fingerprint density at radius 1 is 1.14 bits per heavy atom. The number of carbonyl (C=O) groups is 1. The van der Waals surface area contributed by atoms with Gasteiger partial charge in [-0.2, -0.15) is 5.26 Å². The SMILES string of the molecule is Cc1ccc(-c2c(C)noc2C)cc1N(CCC(C)CCNc1cc2c(cc1F)CN(C1CCONO1)C2=O)c1ccc(C2(C#N)CC2)cc1. The average molecular weight is 679 g/mol. The molecule has 260 valence electrons. The molecule has 0 bridgehead atoms. The number of amides is 1. The van der Waals surface area contributed by atoms with E-state index in [1.807, 2.05) is 13.8 Å². The van der Waals surface area contributed by atoms with Gasteiger partial charge in [-0.15, -0.1) is 0 Å². The summed E-state index contributed by atoms with van der Waals surface area (Å²) in [4.78, 5) is 27.5. The van der Waals surface area contributed by atoms with Crippen LogP contribution < -0.4 is 15.9 Å². The lowest BCUT2D eigenvalue weighted by Gasteiger charge is -2.30. The molecule has 11 heteroatoms. The van der Waals surface area contributed by atoms with Crippen molar-refractivity contribution >= 4 is 23.0 Å². The van der Waals surface area contributed by atoms with E-state index in [0.29, 0.717) is 48.8 Å². The number of nitriles is 1. The van der Waals surface area contributed by atoms with Crippen LogP contribution in [0.15, 0.2) is 59.1 Å². The molecule has 0 radical (unpaired) electrons. The van der Waals surface area contributed by atoms with E-state index < -0.39 is 6.23 Å². The van der Waals surface area contributed by atoms with E-state index in [2.05, 4.69) is 83.4 Å². The van der Waals surface area contributed by atoms with Gasteiger partial charge in [0, 0.05) is 48.6 Å². The lowest BCUT2D eigenvalue weighted by Crippen LogP contribution is -2.45. The summed E-state index contributed by atoms with van der Waals surface area (Å²) in [5.74, 6) is 0.556. The Balaban J connectivity index is 1.04. The second-order valence-electron chi connectivity index (χ2n) is 13.9. The molecule has 1 saturated carbocycles. The van der Waals surface area contributed by atoms with Crippen molar-refractivity contribution in [1.82, 2.24) is 15.7 Å². The van der Waals surface area contributed by atoms with Crippen molar-refractivity contribution in [3.63, 3.8) is 0 Å². The fourth-order valence-corrected chi connectivity index (χ4v) is 7.13. The van der Waals surface area contributed by atoms with Gasteiger partial charge in [0.25, 0.3) is 5.91 Å². The number of benzene rings is 3. The zero-order chi connectivity index (χ0) is 35.0.